The number of benzene rings is 1. The molecule has 0 spiro atoms. The number of aromatic nitrogens is 4. The third kappa shape index (κ3) is 6.90. The molecule has 1 saturated carbocycles. The topological polar surface area (TPSA) is 82.1 Å². The van der Waals surface area contributed by atoms with E-state index in [0.717, 1.165) is 41.3 Å². The van der Waals surface area contributed by atoms with Crippen molar-refractivity contribution in [3.05, 3.63) is 46.9 Å². The summed E-state index contributed by atoms with van der Waals surface area (Å²) in [5, 5.41) is 14.5. The van der Waals surface area contributed by atoms with E-state index in [-0.39, 0.29) is 11.6 Å². The van der Waals surface area contributed by atoms with Crippen LogP contribution in [0.4, 0.5) is 25.1 Å². The zero-order valence-electron chi connectivity index (χ0n) is 25.1. The highest BCUT2D eigenvalue weighted by atomic mass is 19.3. The lowest BCUT2D eigenvalue weighted by Gasteiger charge is -2.33. The molecule has 2 N–H and O–H groups in total. The molecule has 1 fully saturated rings. The molecular formula is C31H45F2N7O. The molecular weight excluding hydrogens is 524 g/mol. The van der Waals surface area contributed by atoms with Crippen LogP contribution in [0.15, 0.2) is 24.5 Å². The summed E-state index contributed by atoms with van der Waals surface area (Å²) in [7, 11) is 3.38. The number of rotatable bonds is 3. The number of carbonyl (C=O) groups is 1. The summed E-state index contributed by atoms with van der Waals surface area (Å²) in [5.74, 6) is 1.75. The van der Waals surface area contributed by atoms with Crippen molar-refractivity contribution in [3.63, 3.8) is 0 Å². The summed E-state index contributed by atoms with van der Waals surface area (Å²) >= 11 is 0. The van der Waals surface area contributed by atoms with Crippen molar-refractivity contribution in [2.45, 2.75) is 85.1 Å². The number of nitrogens with one attached hydrogen (secondary N) is 2. The predicted octanol–water partition coefficient (Wildman–Crippen LogP) is 7.14. The van der Waals surface area contributed by atoms with E-state index in [4.69, 9.17) is 0 Å². The van der Waals surface area contributed by atoms with Gasteiger partial charge in [-0.3, -0.25) is 9.78 Å². The van der Waals surface area contributed by atoms with Gasteiger partial charge < -0.3 is 15.1 Å². The van der Waals surface area contributed by atoms with Gasteiger partial charge in [-0.2, -0.15) is 10.2 Å². The van der Waals surface area contributed by atoms with Crippen molar-refractivity contribution in [1.29, 1.82) is 0 Å². The second-order valence-corrected chi connectivity index (χ2v) is 11.0. The molecule has 41 heavy (non-hydrogen) atoms. The van der Waals surface area contributed by atoms with Crippen molar-refractivity contribution >= 4 is 17.5 Å². The number of amides is 2. The van der Waals surface area contributed by atoms with E-state index in [9.17, 15) is 13.6 Å². The van der Waals surface area contributed by atoms with Crippen LogP contribution in [0.1, 0.15) is 88.1 Å². The minimum atomic E-state index is -2.61. The second-order valence-electron chi connectivity index (χ2n) is 11.0. The average Bonchev–Trinajstić information content (AvgIpc) is 3.63. The highest BCUT2D eigenvalue weighted by molar-refractivity contribution is 5.78. The lowest BCUT2D eigenvalue weighted by atomic mass is 9.91. The number of alkyl halides is 2. The molecule has 0 unspecified atom stereocenters. The average molecular weight is 570 g/mol. The Kier molecular flexibility index (Phi) is 10.4. The predicted molar refractivity (Wildman–Crippen MR) is 160 cm³/mol. The number of carbonyl (C=O) groups excluding carboxylic acids is 1. The smallest absolute Gasteiger partial charge is 0.317 e. The van der Waals surface area contributed by atoms with E-state index >= 15 is 0 Å². The van der Waals surface area contributed by atoms with Gasteiger partial charge in [0.25, 0.3) is 6.43 Å². The number of urea groups is 1. The van der Waals surface area contributed by atoms with E-state index < -0.39 is 6.43 Å². The van der Waals surface area contributed by atoms with E-state index in [1.165, 1.54) is 32.1 Å². The Hall–Kier alpha value is -3.43. The molecule has 1 aliphatic carbocycles. The van der Waals surface area contributed by atoms with Crippen LogP contribution in [0, 0.1) is 5.92 Å². The van der Waals surface area contributed by atoms with Gasteiger partial charge in [-0.25, -0.2) is 13.6 Å². The normalized spacial score (nSPS) is 16.7. The van der Waals surface area contributed by atoms with Gasteiger partial charge in [0.1, 0.15) is 0 Å². The largest absolute Gasteiger partial charge is 0.341 e. The van der Waals surface area contributed by atoms with Crippen LogP contribution >= 0.6 is 0 Å². The molecule has 224 valence electrons. The zero-order valence-corrected chi connectivity index (χ0v) is 25.1. The molecule has 1 aromatic carbocycles. The summed E-state index contributed by atoms with van der Waals surface area (Å²) in [4.78, 5) is 15.9. The summed E-state index contributed by atoms with van der Waals surface area (Å²) in [6.07, 6.45) is 10.6. The summed E-state index contributed by atoms with van der Waals surface area (Å²) in [6, 6.07) is 3.33. The molecule has 3 aliphatic rings. The number of hydrogen-bond donors (Lipinski definition) is 2. The Balaban J connectivity index is 0.000000372. The van der Waals surface area contributed by atoms with Gasteiger partial charge in [-0.1, -0.05) is 52.9 Å². The summed E-state index contributed by atoms with van der Waals surface area (Å²) in [6.45, 7) is 8.08. The van der Waals surface area contributed by atoms with E-state index in [1.54, 1.807) is 42.1 Å². The molecule has 2 aliphatic heterocycles. The van der Waals surface area contributed by atoms with Crippen molar-refractivity contribution in [2.75, 3.05) is 25.0 Å². The zero-order chi connectivity index (χ0) is 29.5. The van der Waals surface area contributed by atoms with Gasteiger partial charge in [0.2, 0.25) is 0 Å². The van der Waals surface area contributed by atoms with Crippen molar-refractivity contribution in [1.82, 2.24) is 30.2 Å². The highest BCUT2D eigenvalue weighted by Crippen LogP contribution is 2.42. The third-order valence-electron chi connectivity index (χ3n) is 8.18. The summed E-state index contributed by atoms with van der Waals surface area (Å²) in [5.41, 5.74) is 4.89. The highest BCUT2D eigenvalue weighted by Gasteiger charge is 2.31. The number of aryl methyl sites for hydroxylation is 2. The minimum absolute atomic E-state index is 0.0139. The molecule has 0 bridgehead atoms. The number of fused-ring (bicyclic) bond motifs is 2. The maximum absolute atomic E-state index is 14.1. The van der Waals surface area contributed by atoms with Gasteiger partial charge in [0, 0.05) is 67.9 Å². The number of nitrogens with zero attached hydrogens (tertiary/aromatic N) is 5. The van der Waals surface area contributed by atoms with Gasteiger partial charge in [-0.05, 0) is 42.0 Å². The molecule has 10 heteroatoms. The van der Waals surface area contributed by atoms with Crippen LogP contribution in [0.2, 0.25) is 0 Å². The number of H-pyrrole nitrogens is 1. The molecule has 8 nitrogen and oxygen atoms in total. The number of hydrogen-bond acceptors (Lipinski definition) is 4. The third-order valence-corrected chi connectivity index (χ3v) is 8.18. The van der Waals surface area contributed by atoms with Crippen LogP contribution in [0.3, 0.4) is 0 Å². The monoisotopic (exact) mass is 569 g/mol. The first-order chi connectivity index (χ1) is 19.9. The number of aromatic amines is 1. The first-order valence-electron chi connectivity index (χ1n) is 15.1. The fourth-order valence-corrected chi connectivity index (χ4v) is 6.00. The van der Waals surface area contributed by atoms with Crippen LogP contribution < -0.4 is 10.2 Å². The van der Waals surface area contributed by atoms with E-state index in [1.807, 2.05) is 24.8 Å². The molecule has 2 amide bonds. The molecule has 3 aromatic rings. The quantitative estimate of drug-likeness (QED) is 0.351. The van der Waals surface area contributed by atoms with Crippen molar-refractivity contribution < 1.29 is 13.6 Å². The number of anilines is 2. The fraction of sp³-hybridized carbons (Fsp3) is 0.581. The SMILES string of the molecule is CC.CC1CCCCC1.CNC(=O)N1CCc2[nH]nc(N3CCCc4cc(-c5cnn(C)c5)c(C(F)F)cc43)c2C1. The Bertz CT molecular complexity index is 1300. The molecule has 0 radical (unpaired) electrons. The van der Waals surface area contributed by atoms with Crippen molar-refractivity contribution in [2.24, 2.45) is 13.0 Å². The summed E-state index contributed by atoms with van der Waals surface area (Å²) < 4.78 is 29.8. The molecule has 4 heterocycles. The molecule has 6 rings (SSSR count). The Labute approximate surface area is 242 Å². The van der Waals surface area contributed by atoms with Gasteiger partial charge in [0.05, 0.1) is 12.7 Å². The van der Waals surface area contributed by atoms with Gasteiger partial charge >= 0.3 is 6.03 Å². The maximum atomic E-state index is 14.1. The molecule has 0 saturated heterocycles. The molecule has 2 aromatic heterocycles. The standard InChI is InChI=1S/C22H25F2N7O.C7H14.C2H6/c1-25-22(32)30-7-5-18-17(12-30)21(28-27-18)31-6-3-4-13-8-15(14-10-26-29(2)11-14)16(20(23)24)9-19(13)31;1-7-5-3-2-4-6-7;1-2/h8-11,20H,3-7,12H2,1-2H3,(H,25,32)(H,27,28);7H,2-6H2,1H3;1-2H3. The Morgan fingerprint density at radius 2 is 1.85 bits per heavy atom. The Morgan fingerprint density at radius 1 is 1.10 bits per heavy atom. The lowest BCUT2D eigenvalue weighted by Crippen LogP contribution is -2.41. The second kappa shape index (κ2) is 14.0. The van der Waals surface area contributed by atoms with Crippen LogP contribution in [0.25, 0.3) is 11.1 Å². The maximum Gasteiger partial charge on any atom is 0.317 e. The van der Waals surface area contributed by atoms with E-state index in [0.29, 0.717) is 43.0 Å². The van der Waals surface area contributed by atoms with Crippen LogP contribution in [0.5, 0.6) is 0 Å². The van der Waals surface area contributed by atoms with Gasteiger partial charge in [-0.15, -0.1) is 0 Å². The first-order valence-corrected chi connectivity index (χ1v) is 15.1. The van der Waals surface area contributed by atoms with Gasteiger partial charge in [0.15, 0.2) is 5.82 Å². The fourth-order valence-electron chi connectivity index (χ4n) is 6.00. The van der Waals surface area contributed by atoms with Crippen LogP contribution in [-0.2, 0) is 26.4 Å². The van der Waals surface area contributed by atoms with E-state index in [2.05, 4.69) is 27.5 Å². The first kappa shape index (κ1) is 30.5. The lowest BCUT2D eigenvalue weighted by molar-refractivity contribution is 0.152. The molecule has 0 atom stereocenters. The Morgan fingerprint density at radius 3 is 2.46 bits per heavy atom. The number of halogens is 2. The van der Waals surface area contributed by atoms with Crippen LogP contribution in [-0.4, -0.2) is 51.0 Å². The minimum Gasteiger partial charge on any atom is -0.341 e. The van der Waals surface area contributed by atoms with Crippen molar-refractivity contribution in [3.8, 4) is 11.1 Å².